The van der Waals surface area contributed by atoms with Gasteiger partial charge in [0, 0.05) is 13.1 Å². The standard InChI is InChI=1S/C23H25N5O7S/c1-2-16(14-6-7-18-19(12-14)35-13-34-18)24-21-22(27-36(31,32)26-21)25-17-5-3-4-15(20(17)29)23(30)28-8-10-33-11-9-28/h3-7,12,16,29H,2,8-11,13H2,1H3,(H,24,26)(H,25,27)/t16-/m1/s1. The number of para-hydroxylation sites is 1. The number of benzene rings is 2. The molecule has 3 aliphatic heterocycles. The van der Waals surface area contributed by atoms with Crippen molar-refractivity contribution in [3.8, 4) is 17.2 Å². The Bertz CT molecular complexity index is 1350. The van der Waals surface area contributed by atoms with Crippen molar-refractivity contribution in [3.05, 3.63) is 47.5 Å². The highest BCUT2D eigenvalue weighted by Crippen LogP contribution is 2.35. The molecule has 12 nitrogen and oxygen atoms in total. The largest absolute Gasteiger partial charge is 0.505 e. The molecule has 1 amide bonds. The van der Waals surface area contributed by atoms with Gasteiger partial charge in [-0.1, -0.05) is 19.1 Å². The van der Waals surface area contributed by atoms with Crippen molar-refractivity contribution in [1.82, 2.24) is 10.2 Å². The van der Waals surface area contributed by atoms with Gasteiger partial charge in [-0.2, -0.15) is 8.42 Å². The average molecular weight is 516 g/mol. The lowest BCUT2D eigenvalue weighted by Gasteiger charge is -2.27. The maximum atomic E-state index is 12.9. The van der Waals surface area contributed by atoms with Crippen molar-refractivity contribution in [2.75, 3.05) is 38.4 Å². The van der Waals surface area contributed by atoms with E-state index in [9.17, 15) is 18.3 Å². The molecule has 1 saturated heterocycles. The second-order valence-electron chi connectivity index (χ2n) is 8.28. The molecule has 3 N–H and O–H groups in total. The molecular weight excluding hydrogens is 490 g/mol. The van der Waals surface area contributed by atoms with E-state index in [0.717, 1.165) is 5.56 Å². The maximum absolute atomic E-state index is 12.9. The third kappa shape index (κ3) is 4.79. The number of morpholine rings is 1. The summed E-state index contributed by atoms with van der Waals surface area (Å²) in [5.74, 6) is 0.474. The normalized spacial score (nSPS) is 18.9. The van der Waals surface area contributed by atoms with E-state index < -0.39 is 10.2 Å². The number of amidine groups is 2. The second kappa shape index (κ2) is 9.66. The average Bonchev–Trinajstić information content (AvgIpc) is 3.46. The van der Waals surface area contributed by atoms with Gasteiger partial charge in [0.2, 0.25) is 6.79 Å². The van der Waals surface area contributed by atoms with Crippen molar-refractivity contribution in [2.24, 2.45) is 8.80 Å². The quantitative estimate of drug-likeness (QED) is 0.506. The molecule has 1 atom stereocenters. The Morgan fingerprint density at radius 1 is 1.11 bits per heavy atom. The lowest BCUT2D eigenvalue weighted by atomic mass is 10.0. The Morgan fingerprint density at radius 2 is 1.86 bits per heavy atom. The van der Waals surface area contributed by atoms with E-state index in [0.29, 0.717) is 44.2 Å². The Balaban J connectivity index is 1.37. The van der Waals surface area contributed by atoms with Crippen LogP contribution in [-0.4, -0.2) is 69.1 Å². The molecule has 3 heterocycles. The van der Waals surface area contributed by atoms with Crippen LogP contribution in [-0.2, 0) is 14.9 Å². The molecule has 0 spiro atoms. The summed E-state index contributed by atoms with van der Waals surface area (Å²) < 4.78 is 48.0. The number of nitrogens with zero attached hydrogens (tertiary/aromatic N) is 3. The fraction of sp³-hybridized carbons (Fsp3) is 0.348. The van der Waals surface area contributed by atoms with Crippen molar-refractivity contribution >= 4 is 33.5 Å². The zero-order chi connectivity index (χ0) is 25.3. The number of hydrogen-bond donors (Lipinski definition) is 3. The Hall–Kier alpha value is -3.84. The first-order valence-electron chi connectivity index (χ1n) is 11.4. The minimum Gasteiger partial charge on any atom is -0.505 e. The summed E-state index contributed by atoms with van der Waals surface area (Å²) in [6.45, 7) is 3.76. The lowest BCUT2D eigenvalue weighted by Crippen LogP contribution is -2.40. The van der Waals surface area contributed by atoms with Crippen molar-refractivity contribution in [1.29, 1.82) is 0 Å². The summed E-state index contributed by atoms with van der Waals surface area (Å²) in [4.78, 5) is 14.5. The molecule has 0 radical (unpaired) electrons. The highest BCUT2D eigenvalue weighted by atomic mass is 32.2. The molecule has 1 fully saturated rings. The van der Waals surface area contributed by atoms with Crippen LogP contribution < -0.4 is 20.1 Å². The molecule has 2 aromatic rings. The number of ether oxygens (including phenoxy) is 3. The van der Waals surface area contributed by atoms with Gasteiger partial charge in [-0.25, -0.2) is 0 Å². The van der Waals surface area contributed by atoms with Crippen LogP contribution in [0.4, 0.5) is 5.69 Å². The van der Waals surface area contributed by atoms with E-state index in [1.165, 1.54) is 12.1 Å². The molecule has 0 aromatic heterocycles. The third-order valence-corrected chi connectivity index (χ3v) is 6.80. The minimum absolute atomic E-state index is 0.0103. The van der Waals surface area contributed by atoms with Crippen LogP contribution in [0.1, 0.15) is 35.3 Å². The monoisotopic (exact) mass is 515 g/mol. The molecule has 0 unspecified atom stereocenters. The predicted molar refractivity (Wildman–Crippen MR) is 131 cm³/mol. The summed E-state index contributed by atoms with van der Waals surface area (Å²) in [5.41, 5.74) is 1.05. The van der Waals surface area contributed by atoms with Gasteiger partial charge in [0.1, 0.15) is 0 Å². The van der Waals surface area contributed by atoms with Gasteiger partial charge in [-0.15, -0.1) is 8.80 Å². The number of phenols is 1. The van der Waals surface area contributed by atoms with Crippen LogP contribution in [0.25, 0.3) is 0 Å². The summed E-state index contributed by atoms with van der Waals surface area (Å²) >= 11 is 0. The fourth-order valence-corrected chi connectivity index (χ4v) is 4.89. The molecule has 36 heavy (non-hydrogen) atoms. The first-order valence-corrected chi connectivity index (χ1v) is 12.8. The van der Waals surface area contributed by atoms with Gasteiger partial charge in [0.05, 0.1) is 30.5 Å². The number of fused-ring (bicyclic) bond motifs is 1. The van der Waals surface area contributed by atoms with E-state index in [1.807, 2.05) is 19.1 Å². The Kier molecular flexibility index (Phi) is 6.41. The summed E-state index contributed by atoms with van der Waals surface area (Å²) in [7, 11) is -4.13. The van der Waals surface area contributed by atoms with Gasteiger partial charge in [0.25, 0.3) is 5.91 Å². The number of anilines is 1. The number of amides is 1. The molecule has 190 valence electrons. The number of carbonyl (C=O) groups is 1. The molecule has 0 saturated carbocycles. The SMILES string of the molecule is CC[C@@H](NC1=NS(=O)(=O)N=C1Nc1cccc(C(=O)N2CCOCC2)c1O)c1ccc2c(c1)OCO2. The second-order valence-corrected chi connectivity index (χ2v) is 9.54. The molecule has 13 heteroatoms. The maximum Gasteiger partial charge on any atom is 0.367 e. The molecule has 5 rings (SSSR count). The van der Waals surface area contributed by atoms with Crippen molar-refractivity contribution < 1.29 is 32.5 Å². The molecule has 2 aromatic carbocycles. The predicted octanol–water partition coefficient (Wildman–Crippen LogP) is 1.80. The minimum atomic E-state index is -4.13. The lowest BCUT2D eigenvalue weighted by molar-refractivity contribution is 0.0301. The van der Waals surface area contributed by atoms with Gasteiger partial charge < -0.3 is 34.9 Å². The zero-order valence-electron chi connectivity index (χ0n) is 19.4. The highest BCUT2D eigenvalue weighted by molar-refractivity contribution is 7.89. The van der Waals surface area contributed by atoms with Gasteiger partial charge in [-0.3, -0.25) is 4.79 Å². The first kappa shape index (κ1) is 23.9. The molecule has 0 aliphatic carbocycles. The molecule has 3 aliphatic rings. The molecular formula is C23H25N5O7S. The van der Waals surface area contributed by atoms with Crippen molar-refractivity contribution in [2.45, 2.75) is 19.4 Å². The van der Waals surface area contributed by atoms with E-state index in [2.05, 4.69) is 19.4 Å². The van der Waals surface area contributed by atoms with Crippen LogP contribution in [0.5, 0.6) is 17.2 Å². The molecule has 0 bridgehead atoms. The van der Waals surface area contributed by atoms with Crippen LogP contribution in [0, 0.1) is 0 Å². The summed E-state index contributed by atoms with van der Waals surface area (Å²) in [6.07, 6.45) is 0.598. The Labute approximate surface area is 207 Å². The number of rotatable bonds is 5. The third-order valence-electron chi connectivity index (χ3n) is 5.97. The zero-order valence-corrected chi connectivity index (χ0v) is 20.2. The smallest absolute Gasteiger partial charge is 0.367 e. The van der Waals surface area contributed by atoms with Crippen LogP contribution in [0.2, 0.25) is 0 Å². The van der Waals surface area contributed by atoms with Crippen LogP contribution in [0.15, 0.2) is 45.2 Å². The topological polar surface area (TPSA) is 151 Å². The van der Waals surface area contributed by atoms with Gasteiger partial charge in [-0.05, 0) is 36.2 Å². The fourth-order valence-electron chi connectivity index (χ4n) is 4.11. The van der Waals surface area contributed by atoms with Crippen LogP contribution in [0.3, 0.4) is 0 Å². The van der Waals surface area contributed by atoms with E-state index in [-0.39, 0.29) is 47.4 Å². The number of hydrogen-bond acceptors (Lipinski definition) is 9. The number of nitrogens with one attached hydrogen (secondary N) is 2. The summed E-state index contributed by atoms with van der Waals surface area (Å²) in [6, 6.07) is 9.77. The summed E-state index contributed by atoms with van der Waals surface area (Å²) in [5, 5.41) is 16.8. The van der Waals surface area contributed by atoms with Crippen LogP contribution >= 0.6 is 0 Å². The Morgan fingerprint density at radius 3 is 2.64 bits per heavy atom. The highest BCUT2D eigenvalue weighted by Gasteiger charge is 2.29. The number of carbonyl (C=O) groups excluding carboxylic acids is 1. The number of phenolic OH excluding ortho intramolecular Hbond substituents is 1. The first-order chi connectivity index (χ1) is 17.3. The van der Waals surface area contributed by atoms with E-state index in [4.69, 9.17) is 14.2 Å². The van der Waals surface area contributed by atoms with E-state index in [1.54, 1.807) is 17.0 Å². The van der Waals surface area contributed by atoms with Crippen molar-refractivity contribution in [3.63, 3.8) is 0 Å². The van der Waals surface area contributed by atoms with Gasteiger partial charge >= 0.3 is 10.2 Å². The van der Waals surface area contributed by atoms with E-state index >= 15 is 0 Å². The number of aromatic hydroxyl groups is 1. The van der Waals surface area contributed by atoms with Gasteiger partial charge in [0.15, 0.2) is 28.9 Å².